The average molecular weight is 444 g/mol. The summed E-state index contributed by atoms with van der Waals surface area (Å²) in [5, 5.41) is 5.46. The van der Waals surface area contributed by atoms with Crippen LogP contribution < -0.4 is 10.6 Å². The number of carbonyl (C=O) groups is 3. The molecule has 0 heterocycles. The van der Waals surface area contributed by atoms with Crippen molar-refractivity contribution in [2.75, 3.05) is 13.1 Å². The highest BCUT2D eigenvalue weighted by Crippen LogP contribution is 2.26. The van der Waals surface area contributed by atoms with Gasteiger partial charge in [-0.25, -0.2) is 4.79 Å². The highest BCUT2D eigenvalue weighted by molar-refractivity contribution is 5.91. The molecule has 0 bridgehead atoms. The normalized spacial score (nSPS) is 12.3. The Hall–Kier alpha value is -3.01. The first-order valence-electron chi connectivity index (χ1n) is 10.9. The second-order valence-electron chi connectivity index (χ2n) is 9.67. The van der Waals surface area contributed by atoms with E-state index >= 15 is 0 Å². The Morgan fingerprint density at radius 3 is 2.28 bits per heavy atom. The van der Waals surface area contributed by atoms with Gasteiger partial charge in [-0.2, -0.15) is 0 Å². The fourth-order valence-corrected chi connectivity index (χ4v) is 3.05. The zero-order valence-electron chi connectivity index (χ0n) is 20.4. The third-order valence-electron chi connectivity index (χ3n) is 4.32. The maximum absolute atomic E-state index is 13.4. The zero-order chi connectivity index (χ0) is 24.5. The second-order valence-corrected chi connectivity index (χ2v) is 9.67. The Bertz CT molecular complexity index is 844. The SMILES string of the molecule is C#Cc1ccccc1C(C(=O)NC(C)(C)C)N(CCCC)C(=O)CNC(=O)OC(C)(C)C. The minimum Gasteiger partial charge on any atom is -0.444 e. The van der Waals surface area contributed by atoms with E-state index in [1.807, 2.05) is 27.7 Å². The number of benzene rings is 1. The van der Waals surface area contributed by atoms with E-state index in [0.29, 0.717) is 24.1 Å². The third kappa shape index (κ3) is 9.01. The standard InChI is InChI=1S/C25H37N3O4/c1-9-11-16-28(20(29)17-26-23(31)32-25(6,7)8)21(22(30)27-24(3,4)5)19-15-13-12-14-18(19)10-2/h2,12-15,21H,9,11,16-17H2,1,3-8H3,(H,26,31)(H,27,30). The minimum absolute atomic E-state index is 0.295. The number of alkyl carbamates (subject to hydrolysis) is 1. The second kappa shape index (κ2) is 11.6. The molecule has 32 heavy (non-hydrogen) atoms. The van der Waals surface area contributed by atoms with Gasteiger partial charge in [0.25, 0.3) is 0 Å². The Morgan fingerprint density at radius 2 is 1.75 bits per heavy atom. The summed E-state index contributed by atoms with van der Waals surface area (Å²) in [5.41, 5.74) is -0.0840. The fourth-order valence-electron chi connectivity index (χ4n) is 3.05. The first-order valence-corrected chi connectivity index (χ1v) is 10.9. The Labute approximate surface area is 192 Å². The molecule has 7 nitrogen and oxygen atoms in total. The topological polar surface area (TPSA) is 87.7 Å². The predicted octanol–water partition coefficient (Wildman–Crippen LogP) is 3.78. The average Bonchev–Trinajstić information content (AvgIpc) is 2.66. The van der Waals surface area contributed by atoms with Crippen LogP contribution in [0.5, 0.6) is 0 Å². The van der Waals surface area contributed by atoms with Gasteiger partial charge in [-0.3, -0.25) is 9.59 Å². The lowest BCUT2D eigenvalue weighted by atomic mass is 9.96. The molecule has 0 aliphatic heterocycles. The molecule has 7 heteroatoms. The lowest BCUT2D eigenvalue weighted by Crippen LogP contribution is -2.51. The fraction of sp³-hybridized carbons (Fsp3) is 0.560. The smallest absolute Gasteiger partial charge is 0.408 e. The van der Waals surface area contributed by atoms with Crippen LogP contribution in [-0.2, 0) is 14.3 Å². The number of unbranched alkanes of at least 4 members (excludes halogenated alkanes) is 1. The quantitative estimate of drug-likeness (QED) is 0.599. The summed E-state index contributed by atoms with van der Waals surface area (Å²) in [6.45, 7) is 12.9. The van der Waals surface area contributed by atoms with Gasteiger partial charge in [-0.05, 0) is 59.6 Å². The molecule has 0 radical (unpaired) electrons. The van der Waals surface area contributed by atoms with Crippen molar-refractivity contribution < 1.29 is 19.1 Å². The zero-order valence-corrected chi connectivity index (χ0v) is 20.4. The number of rotatable bonds is 8. The van der Waals surface area contributed by atoms with E-state index in [4.69, 9.17) is 11.2 Å². The summed E-state index contributed by atoms with van der Waals surface area (Å²) in [4.78, 5) is 40.1. The highest BCUT2D eigenvalue weighted by atomic mass is 16.6. The van der Waals surface area contributed by atoms with E-state index < -0.39 is 29.2 Å². The van der Waals surface area contributed by atoms with Crippen molar-refractivity contribution in [2.45, 2.75) is 78.5 Å². The molecule has 0 aliphatic carbocycles. The van der Waals surface area contributed by atoms with E-state index in [2.05, 4.69) is 16.6 Å². The monoisotopic (exact) mass is 443 g/mol. The van der Waals surface area contributed by atoms with Gasteiger partial charge < -0.3 is 20.3 Å². The van der Waals surface area contributed by atoms with Crippen LogP contribution in [0.4, 0.5) is 4.79 Å². The van der Waals surface area contributed by atoms with Crippen molar-refractivity contribution in [1.82, 2.24) is 15.5 Å². The first-order chi connectivity index (χ1) is 14.8. The van der Waals surface area contributed by atoms with Crippen molar-refractivity contribution >= 4 is 17.9 Å². The molecule has 1 atom stereocenters. The molecule has 1 aromatic rings. The van der Waals surface area contributed by atoms with E-state index in [1.165, 1.54) is 4.90 Å². The lowest BCUT2D eigenvalue weighted by Gasteiger charge is -2.34. The molecule has 0 aromatic heterocycles. The van der Waals surface area contributed by atoms with Gasteiger partial charge in [0.15, 0.2) is 0 Å². The number of ether oxygens (including phenoxy) is 1. The maximum atomic E-state index is 13.4. The van der Waals surface area contributed by atoms with Crippen molar-refractivity contribution in [3.8, 4) is 12.3 Å². The van der Waals surface area contributed by atoms with E-state index in [0.717, 1.165) is 6.42 Å². The van der Waals surface area contributed by atoms with Gasteiger partial charge in [0.2, 0.25) is 11.8 Å². The molecule has 0 aliphatic rings. The van der Waals surface area contributed by atoms with E-state index in [9.17, 15) is 14.4 Å². The molecule has 1 unspecified atom stereocenters. The van der Waals surface area contributed by atoms with Crippen LogP contribution in [0.2, 0.25) is 0 Å². The molecule has 3 amide bonds. The summed E-state index contributed by atoms with van der Waals surface area (Å²) in [7, 11) is 0. The van der Waals surface area contributed by atoms with Gasteiger partial charge in [-0.15, -0.1) is 6.42 Å². The van der Waals surface area contributed by atoms with Gasteiger partial charge in [0, 0.05) is 17.6 Å². The molecular formula is C25H37N3O4. The number of amides is 3. The van der Waals surface area contributed by atoms with Crippen LogP contribution in [0.3, 0.4) is 0 Å². The van der Waals surface area contributed by atoms with Crippen molar-refractivity contribution in [3.05, 3.63) is 35.4 Å². The van der Waals surface area contributed by atoms with E-state index in [1.54, 1.807) is 45.0 Å². The van der Waals surface area contributed by atoms with Gasteiger partial charge in [0.05, 0.1) is 0 Å². The van der Waals surface area contributed by atoms with E-state index in [-0.39, 0.29) is 12.5 Å². The molecule has 0 fully saturated rings. The predicted molar refractivity (Wildman–Crippen MR) is 126 cm³/mol. The highest BCUT2D eigenvalue weighted by Gasteiger charge is 2.34. The summed E-state index contributed by atoms with van der Waals surface area (Å²) >= 11 is 0. The van der Waals surface area contributed by atoms with Crippen molar-refractivity contribution in [3.63, 3.8) is 0 Å². The maximum Gasteiger partial charge on any atom is 0.408 e. The largest absolute Gasteiger partial charge is 0.444 e. The number of hydrogen-bond acceptors (Lipinski definition) is 4. The van der Waals surface area contributed by atoms with Crippen molar-refractivity contribution in [2.24, 2.45) is 0 Å². The number of terminal acetylenes is 1. The minimum atomic E-state index is -0.930. The summed E-state index contributed by atoms with van der Waals surface area (Å²) in [5.74, 6) is 1.88. The summed E-state index contributed by atoms with van der Waals surface area (Å²) < 4.78 is 5.22. The Morgan fingerprint density at radius 1 is 1.12 bits per heavy atom. The van der Waals surface area contributed by atoms with Gasteiger partial charge in [-0.1, -0.05) is 37.5 Å². The molecule has 1 rings (SSSR count). The van der Waals surface area contributed by atoms with Crippen LogP contribution in [0.15, 0.2) is 24.3 Å². The summed E-state index contributed by atoms with van der Waals surface area (Å²) in [6.07, 6.45) is 6.51. The van der Waals surface area contributed by atoms with Crippen LogP contribution in [0.25, 0.3) is 0 Å². The Balaban J connectivity index is 3.30. The molecule has 2 N–H and O–H groups in total. The number of nitrogens with one attached hydrogen (secondary N) is 2. The molecule has 0 spiro atoms. The van der Waals surface area contributed by atoms with Crippen LogP contribution in [-0.4, -0.2) is 47.0 Å². The van der Waals surface area contributed by atoms with Crippen molar-refractivity contribution in [1.29, 1.82) is 0 Å². The number of nitrogens with zero attached hydrogens (tertiary/aromatic N) is 1. The van der Waals surface area contributed by atoms with Crippen LogP contribution >= 0.6 is 0 Å². The molecule has 176 valence electrons. The van der Waals surface area contributed by atoms with Gasteiger partial charge >= 0.3 is 6.09 Å². The third-order valence-corrected chi connectivity index (χ3v) is 4.32. The Kier molecular flexibility index (Phi) is 9.77. The van der Waals surface area contributed by atoms with Crippen LogP contribution in [0.1, 0.15) is 78.5 Å². The summed E-state index contributed by atoms with van der Waals surface area (Å²) in [6, 6.07) is 6.15. The first kappa shape index (κ1) is 27.0. The van der Waals surface area contributed by atoms with Crippen LogP contribution in [0, 0.1) is 12.3 Å². The molecule has 1 aromatic carbocycles. The molecular weight excluding hydrogens is 406 g/mol. The molecule has 0 saturated heterocycles. The number of hydrogen-bond donors (Lipinski definition) is 2. The lowest BCUT2D eigenvalue weighted by molar-refractivity contribution is -0.141. The van der Waals surface area contributed by atoms with Gasteiger partial charge in [0.1, 0.15) is 18.2 Å². The number of carbonyl (C=O) groups excluding carboxylic acids is 3. The molecule has 0 saturated carbocycles.